The largest absolute Gasteiger partial charge is 0.463 e. The molecule has 0 fully saturated rings. The van der Waals surface area contributed by atoms with Gasteiger partial charge in [-0.05, 0) is 12.8 Å². The molecule has 0 rings (SSSR count). The third kappa shape index (κ3) is 7.06. The molecule has 0 aromatic rings. The lowest BCUT2D eigenvalue weighted by Crippen LogP contribution is -1.98. The molecule has 0 aliphatic heterocycles. The Bertz CT molecular complexity index is 178. The van der Waals surface area contributed by atoms with Crippen LogP contribution in [-0.2, 0) is 9.53 Å². The lowest BCUT2D eigenvalue weighted by atomic mass is 10.2. The zero-order valence-electron chi connectivity index (χ0n) is 7.91. The van der Waals surface area contributed by atoms with Gasteiger partial charge in [-0.15, -0.1) is 0 Å². The Kier molecular flexibility index (Phi) is 6.07. The van der Waals surface area contributed by atoms with E-state index in [4.69, 9.17) is 0 Å². The van der Waals surface area contributed by atoms with Gasteiger partial charge < -0.3 is 4.74 Å². The maximum absolute atomic E-state index is 10.7. The van der Waals surface area contributed by atoms with Crippen LogP contribution in [0.4, 0.5) is 0 Å². The molecule has 12 heavy (non-hydrogen) atoms. The van der Waals surface area contributed by atoms with E-state index in [0.29, 0.717) is 12.5 Å². The predicted molar refractivity (Wildman–Crippen MR) is 49.8 cm³/mol. The third-order valence-corrected chi connectivity index (χ3v) is 1.13. The average Bonchev–Trinajstić information content (AvgIpc) is 1.98. The van der Waals surface area contributed by atoms with Crippen molar-refractivity contribution in [2.24, 2.45) is 5.92 Å². The van der Waals surface area contributed by atoms with Gasteiger partial charge in [0, 0.05) is 6.08 Å². The van der Waals surface area contributed by atoms with Gasteiger partial charge in [-0.2, -0.15) is 0 Å². The van der Waals surface area contributed by atoms with Crippen molar-refractivity contribution >= 4 is 5.97 Å². The summed E-state index contributed by atoms with van der Waals surface area (Å²) < 4.78 is 4.69. The van der Waals surface area contributed by atoms with E-state index in [1.807, 2.05) is 12.2 Å². The van der Waals surface area contributed by atoms with Gasteiger partial charge in [0.2, 0.25) is 0 Å². The van der Waals surface area contributed by atoms with Crippen LogP contribution in [-0.4, -0.2) is 12.6 Å². The van der Waals surface area contributed by atoms with Gasteiger partial charge in [-0.3, -0.25) is 0 Å². The summed E-state index contributed by atoms with van der Waals surface area (Å²) in [5.41, 5.74) is 0. The Morgan fingerprint density at radius 3 is 2.58 bits per heavy atom. The molecule has 0 bridgehead atoms. The van der Waals surface area contributed by atoms with Crippen LogP contribution in [0, 0.1) is 5.92 Å². The van der Waals surface area contributed by atoms with Crippen molar-refractivity contribution in [1.29, 1.82) is 0 Å². The fourth-order valence-electron chi connectivity index (χ4n) is 0.611. The normalized spacial score (nSPS) is 11.7. The van der Waals surface area contributed by atoms with Crippen molar-refractivity contribution in [3.05, 3.63) is 24.3 Å². The zero-order chi connectivity index (χ0) is 9.40. The second-order valence-corrected chi connectivity index (χ2v) is 2.74. The zero-order valence-corrected chi connectivity index (χ0v) is 7.91. The van der Waals surface area contributed by atoms with Gasteiger partial charge in [-0.1, -0.05) is 32.1 Å². The lowest BCUT2D eigenvalue weighted by molar-refractivity contribution is -0.137. The molecule has 0 spiro atoms. The highest BCUT2D eigenvalue weighted by Gasteiger charge is 1.90. The molecule has 0 N–H and O–H groups in total. The molecule has 0 radical (unpaired) electrons. The maximum atomic E-state index is 10.7. The first-order chi connectivity index (χ1) is 5.66. The number of carbonyl (C=O) groups is 1. The minimum Gasteiger partial charge on any atom is -0.463 e. The minimum atomic E-state index is -0.286. The van der Waals surface area contributed by atoms with E-state index in [0.717, 1.165) is 0 Å². The van der Waals surface area contributed by atoms with E-state index in [2.05, 4.69) is 18.6 Å². The van der Waals surface area contributed by atoms with Gasteiger partial charge >= 0.3 is 5.97 Å². The Morgan fingerprint density at radius 2 is 2.08 bits per heavy atom. The number of esters is 1. The maximum Gasteiger partial charge on any atom is 0.330 e. The Morgan fingerprint density at radius 1 is 1.42 bits per heavy atom. The van der Waals surface area contributed by atoms with E-state index in [1.165, 1.54) is 6.08 Å². The molecule has 0 heterocycles. The molecule has 0 amide bonds. The molecule has 2 nitrogen and oxygen atoms in total. The topological polar surface area (TPSA) is 26.3 Å². The summed E-state index contributed by atoms with van der Waals surface area (Å²) >= 11 is 0. The van der Waals surface area contributed by atoms with E-state index >= 15 is 0 Å². The number of ether oxygens (including phenoxy) is 1. The molecule has 2 heteroatoms. The summed E-state index contributed by atoms with van der Waals surface area (Å²) in [4.78, 5) is 10.7. The van der Waals surface area contributed by atoms with Crippen LogP contribution >= 0.6 is 0 Å². The van der Waals surface area contributed by atoms with Crippen LogP contribution in [0.3, 0.4) is 0 Å². The highest BCUT2D eigenvalue weighted by Crippen LogP contribution is 1.93. The molecule has 0 saturated carbocycles. The van der Waals surface area contributed by atoms with Crippen molar-refractivity contribution in [3.8, 4) is 0 Å². The monoisotopic (exact) mass is 168 g/mol. The van der Waals surface area contributed by atoms with Crippen molar-refractivity contribution in [1.82, 2.24) is 0 Å². The fourth-order valence-corrected chi connectivity index (χ4v) is 0.611. The number of carbonyl (C=O) groups excluding carboxylic acids is 1. The van der Waals surface area contributed by atoms with Crippen molar-refractivity contribution in [2.45, 2.75) is 20.8 Å². The first-order valence-corrected chi connectivity index (χ1v) is 4.18. The Hall–Kier alpha value is -1.05. The van der Waals surface area contributed by atoms with Crippen LogP contribution in [0.25, 0.3) is 0 Å². The molecular weight excluding hydrogens is 152 g/mol. The molecule has 0 aromatic carbocycles. The van der Waals surface area contributed by atoms with E-state index in [-0.39, 0.29) is 5.97 Å². The summed E-state index contributed by atoms with van der Waals surface area (Å²) in [6, 6.07) is 0. The minimum absolute atomic E-state index is 0.286. The third-order valence-electron chi connectivity index (χ3n) is 1.13. The van der Waals surface area contributed by atoms with Crippen molar-refractivity contribution < 1.29 is 9.53 Å². The Labute approximate surface area is 73.9 Å². The highest BCUT2D eigenvalue weighted by atomic mass is 16.5. The summed E-state index contributed by atoms with van der Waals surface area (Å²) in [6.45, 7) is 6.37. The van der Waals surface area contributed by atoms with E-state index in [1.54, 1.807) is 13.0 Å². The molecule has 68 valence electrons. The van der Waals surface area contributed by atoms with Gasteiger partial charge in [0.15, 0.2) is 0 Å². The molecule has 0 saturated heterocycles. The summed E-state index contributed by atoms with van der Waals surface area (Å²) in [5.74, 6) is 0.225. The molecule has 0 aliphatic carbocycles. The quantitative estimate of drug-likeness (QED) is 0.366. The van der Waals surface area contributed by atoms with Gasteiger partial charge in [0.05, 0.1) is 6.61 Å². The van der Waals surface area contributed by atoms with E-state index < -0.39 is 0 Å². The molecular formula is C10H16O2. The number of allylic oxidation sites excluding steroid dienone is 3. The fraction of sp³-hybridized carbons (Fsp3) is 0.500. The van der Waals surface area contributed by atoms with Gasteiger partial charge in [0.1, 0.15) is 0 Å². The number of hydrogen-bond donors (Lipinski definition) is 0. The first kappa shape index (κ1) is 11.0. The van der Waals surface area contributed by atoms with Crippen LogP contribution in [0.2, 0.25) is 0 Å². The van der Waals surface area contributed by atoms with Crippen LogP contribution in [0.15, 0.2) is 24.3 Å². The molecule has 0 unspecified atom stereocenters. The molecule has 0 atom stereocenters. The van der Waals surface area contributed by atoms with Gasteiger partial charge in [-0.25, -0.2) is 4.79 Å². The predicted octanol–water partition coefficient (Wildman–Crippen LogP) is 2.32. The van der Waals surface area contributed by atoms with Gasteiger partial charge in [0.25, 0.3) is 0 Å². The van der Waals surface area contributed by atoms with Crippen molar-refractivity contribution in [2.75, 3.05) is 6.61 Å². The van der Waals surface area contributed by atoms with Crippen LogP contribution in [0.5, 0.6) is 0 Å². The lowest BCUT2D eigenvalue weighted by Gasteiger charge is -1.93. The number of rotatable bonds is 4. The van der Waals surface area contributed by atoms with Crippen LogP contribution < -0.4 is 0 Å². The second kappa shape index (κ2) is 6.65. The number of hydrogen-bond acceptors (Lipinski definition) is 2. The SMILES string of the molecule is CCOC(=O)/C=C/C=C/C(C)C. The summed E-state index contributed by atoms with van der Waals surface area (Å²) in [5, 5.41) is 0. The summed E-state index contributed by atoms with van der Waals surface area (Å²) in [7, 11) is 0. The average molecular weight is 168 g/mol. The van der Waals surface area contributed by atoms with E-state index in [9.17, 15) is 4.79 Å². The van der Waals surface area contributed by atoms with Crippen molar-refractivity contribution in [3.63, 3.8) is 0 Å². The molecule has 0 aliphatic rings. The molecule has 0 aromatic heterocycles. The Balaban J connectivity index is 3.68. The van der Waals surface area contributed by atoms with Crippen LogP contribution in [0.1, 0.15) is 20.8 Å². The standard InChI is InChI=1S/C10H16O2/c1-4-12-10(11)8-6-5-7-9(2)3/h5-9H,4H2,1-3H3/b7-5+,8-6+. The summed E-state index contributed by atoms with van der Waals surface area (Å²) in [6.07, 6.45) is 6.97. The second-order valence-electron chi connectivity index (χ2n) is 2.74. The smallest absolute Gasteiger partial charge is 0.330 e. The highest BCUT2D eigenvalue weighted by molar-refractivity contribution is 5.82. The first-order valence-electron chi connectivity index (χ1n) is 4.18.